The van der Waals surface area contributed by atoms with E-state index in [1.807, 2.05) is 0 Å². The molecule has 3 N–H and O–H groups in total. The summed E-state index contributed by atoms with van der Waals surface area (Å²) >= 11 is 0.614. The van der Waals surface area contributed by atoms with E-state index in [-0.39, 0.29) is 30.2 Å². The minimum atomic E-state index is -4.83. The highest BCUT2D eigenvalue weighted by atomic mass is 32.2. The Morgan fingerprint density at radius 1 is 1.17 bits per heavy atom. The third-order valence-electron chi connectivity index (χ3n) is 6.11. The average molecular weight is 525 g/mol. The molecule has 0 aromatic heterocycles. The second-order valence-electron chi connectivity index (χ2n) is 8.46. The van der Waals surface area contributed by atoms with Crippen LogP contribution in [0.2, 0.25) is 0 Å². The van der Waals surface area contributed by atoms with Crippen LogP contribution in [0.15, 0.2) is 70.3 Å². The molecule has 0 saturated carbocycles. The number of hydrazine groups is 1. The van der Waals surface area contributed by atoms with Crippen LogP contribution in [0.1, 0.15) is 18.4 Å². The van der Waals surface area contributed by atoms with E-state index in [1.54, 1.807) is 18.2 Å². The number of hydrogen-bond acceptors (Lipinski definition) is 7. The molecule has 0 spiro atoms. The zero-order valence-electron chi connectivity index (χ0n) is 18.6. The molecule has 4 rings (SSSR count). The molecule has 2 aliphatic rings. The highest BCUT2D eigenvalue weighted by molar-refractivity contribution is 7.96. The first-order valence-electron chi connectivity index (χ1n) is 10.8. The Morgan fingerprint density at radius 3 is 2.50 bits per heavy atom. The number of rotatable bonds is 7. The van der Waals surface area contributed by atoms with Crippen LogP contribution in [0.3, 0.4) is 0 Å². The lowest BCUT2D eigenvalue weighted by molar-refractivity contribution is -0.175. The van der Waals surface area contributed by atoms with Gasteiger partial charge in [0.25, 0.3) is 0 Å². The Kier molecular flexibility index (Phi) is 7.32. The van der Waals surface area contributed by atoms with Gasteiger partial charge in [-0.05, 0) is 67.0 Å². The van der Waals surface area contributed by atoms with E-state index in [1.165, 1.54) is 17.1 Å². The van der Waals surface area contributed by atoms with Crippen molar-refractivity contribution < 1.29 is 32.0 Å². The third kappa shape index (κ3) is 5.36. The van der Waals surface area contributed by atoms with Crippen LogP contribution in [-0.4, -0.2) is 40.4 Å². The first-order valence-corrected chi connectivity index (χ1v) is 11.5. The smallest absolute Gasteiger partial charge is 0.355 e. The molecular formula is C24H21F5N4O2S. The summed E-state index contributed by atoms with van der Waals surface area (Å²) in [5, 5.41) is 23.0. The van der Waals surface area contributed by atoms with Crippen molar-refractivity contribution in [3.63, 3.8) is 0 Å². The largest absolute Gasteiger partial charge is 0.419 e. The summed E-state index contributed by atoms with van der Waals surface area (Å²) in [4.78, 5) is 12.3. The van der Waals surface area contributed by atoms with Crippen LogP contribution < -0.4 is 5.32 Å². The van der Waals surface area contributed by atoms with Crippen LogP contribution in [0.5, 0.6) is 0 Å². The number of hydrogen-bond donors (Lipinski definition) is 3. The first kappa shape index (κ1) is 26.0. The lowest BCUT2D eigenvalue weighted by Gasteiger charge is -2.45. The summed E-state index contributed by atoms with van der Waals surface area (Å²) in [5.74, 6) is -1.84. The van der Waals surface area contributed by atoms with Gasteiger partial charge in [0.1, 0.15) is 17.9 Å². The van der Waals surface area contributed by atoms with Crippen LogP contribution in [-0.2, 0) is 11.0 Å². The van der Waals surface area contributed by atoms with Crippen molar-refractivity contribution in [1.82, 2.24) is 9.59 Å². The van der Waals surface area contributed by atoms with Crippen LogP contribution in [0, 0.1) is 22.5 Å². The van der Waals surface area contributed by atoms with Crippen molar-refractivity contribution in [3.05, 3.63) is 82.6 Å². The standard InChI is InChI=1S/C24H21F5N4O2S/c25-17-1-3-18(4-2-17)31-22-9-16-7-8-32(13-23(16,14-34)11-15(22)12-30)33(35)36-19-5-6-20(21(26)10-19)24(27,28)29/h1-6,9-10,12,14,30-31,35H,7-8,11,13H2. The molecule has 1 aliphatic heterocycles. The van der Waals surface area contributed by atoms with E-state index in [0.717, 1.165) is 24.1 Å². The van der Waals surface area contributed by atoms with Crippen LogP contribution in [0.25, 0.3) is 0 Å². The zero-order chi connectivity index (χ0) is 26.1. The van der Waals surface area contributed by atoms with Gasteiger partial charge in [0, 0.05) is 47.5 Å². The van der Waals surface area contributed by atoms with Gasteiger partial charge in [-0.2, -0.15) is 13.2 Å². The molecule has 12 heteroatoms. The van der Waals surface area contributed by atoms with Gasteiger partial charge in [-0.25, -0.2) is 13.8 Å². The van der Waals surface area contributed by atoms with Gasteiger partial charge >= 0.3 is 6.18 Å². The van der Waals surface area contributed by atoms with Gasteiger partial charge < -0.3 is 15.5 Å². The summed E-state index contributed by atoms with van der Waals surface area (Å²) in [6, 6.07) is 8.04. The summed E-state index contributed by atoms with van der Waals surface area (Å²) in [5.41, 5.74) is 0.0731. The van der Waals surface area contributed by atoms with Gasteiger partial charge in [-0.1, -0.05) is 10.2 Å². The monoisotopic (exact) mass is 524 g/mol. The van der Waals surface area contributed by atoms with Crippen molar-refractivity contribution in [1.29, 1.82) is 5.41 Å². The number of halogens is 5. The number of carbonyl (C=O) groups excluding carboxylic acids is 1. The molecule has 1 unspecified atom stereocenters. The molecular weight excluding hydrogens is 503 g/mol. The Bertz CT molecular complexity index is 1230. The molecule has 0 amide bonds. The van der Waals surface area contributed by atoms with Crippen molar-refractivity contribution in [3.8, 4) is 0 Å². The fraction of sp³-hybridized carbons (Fsp3) is 0.250. The van der Waals surface area contributed by atoms with Crippen LogP contribution >= 0.6 is 11.9 Å². The van der Waals surface area contributed by atoms with Crippen molar-refractivity contribution >= 4 is 30.1 Å². The number of piperidine rings is 1. The lowest BCUT2D eigenvalue weighted by Crippen LogP contribution is -2.51. The van der Waals surface area contributed by atoms with E-state index in [4.69, 9.17) is 5.41 Å². The first-order chi connectivity index (χ1) is 17.0. The molecule has 1 fully saturated rings. The van der Waals surface area contributed by atoms with E-state index in [2.05, 4.69) is 5.32 Å². The van der Waals surface area contributed by atoms with E-state index in [9.17, 15) is 32.0 Å². The molecule has 1 atom stereocenters. The molecule has 2 aromatic carbocycles. The second kappa shape index (κ2) is 10.1. The van der Waals surface area contributed by atoms with Crippen LogP contribution in [0.4, 0.5) is 27.6 Å². The van der Waals surface area contributed by atoms with Crippen molar-refractivity contribution in [2.75, 3.05) is 18.4 Å². The molecule has 1 aliphatic carbocycles. The van der Waals surface area contributed by atoms with Gasteiger partial charge in [0.15, 0.2) is 0 Å². The highest BCUT2D eigenvalue weighted by Crippen LogP contribution is 2.44. The topological polar surface area (TPSA) is 79.7 Å². The molecule has 1 heterocycles. The van der Waals surface area contributed by atoms with Gasteiger partial charge in [0.2, 0.25) is 0 Å². The van der Waals surface area contributed by atoms with Gasteiger partial charge in [0.05, 0.1) is 11.0 Å². The van der Waals surface area contributed by atoms with E-state index < -0.39 is 23.0 Å². The quantitative estimate of drug-likeness (QED) is 0.139. The molecule has 0 radical (unpaired) electrons. The van der Waals surface area contributed by atoms with Crippen molar-refractivity contribution in [2.24, 2.45) is 5.41 Å². The molecule has 36 heavy (non-hydrogen) atoms. The minimum Gasteiger partial charge on any atom is -0.355 e. The SMILES string of the molecule is N=CC1=C(Nc2ccc(F)cc2)C=C2CCN(N(O)Sc3ccc(C(F)(F)F)c(F)c3)CC2(C=O)C1. The number of benzene rings is 2. The summed E-state index contributed by atoms with van der Waals surface area (Å²) < 4.78 is 66.3. The maximum absolute atomic E-state index is 13.9. The third-order valence-corrected chi connectivity index (χ3v) is 6.97. The Hall–Kier alpha value is -3.06. The number of allylic oxidation sites excluding steroid dienone is 2. The minimum absolute atomic E-state index is 0.0378. The van der Waals surface area contributed by atoms with Gasteiger partial charge in [-0.3, -0.25) is 5.21 Å². The zero-order valence-corrected chi connectivity index (χ0v) is 19.5. The Labute approximate surface area is 207 Å². The maximum atomic E-state index is 13.9. The molecule has 2 aromatic rings. The van der Waals surface area contributed by atoms with E-state index in [0.29, 0.717) is 52.0 Å². The number of aldehydes is 1. The number of carbonyl (C=O) groups is 1. The number of nitrogens with zero attached hydrogens (tertiary/aromatic N) is 2. The lowest BCUT2D eigenvalue weighted by atomic mass is 9.69. The fourth-order valence-electron chi connectivity index (χ4n) is 4.26. The molecule has 190 valence electrons. The summed E-state index contributed by atoms with van der Waals surface area (Å²) in [6.45, 7) is 0.313. The summed E-state index contributed by atoms with van der Waals surface area (Å²) in [6.07, 6.45) is -0.626. The Balaban J connectivity index is 1.50. The average Bonchev–Trinajstić information content (AvgIpc) is 2.84. The predicted molar refractivity (Wildman–Crippen MR) is 124 cm³/mol. The number of fused-ring (bicyclic) bond motifs is 1. The maximum Gasteiger partial charge on any atom is 0.419 e. The highest BCUT2D eigenvalue weighted by Gasteiger charge is 2.44. The fourth-order valence-corrected chi connectivity index (χ4v) is 4.99. The number of alkyl halides is 3. The summed E-state index contributed by atoms with van der Waals surface area (Å²) in [7, 11) is 0. The molecule has 6 nitrogen and oxygen atoms in total. The second-order valence-corrected chi connectivity index (χ2v) is 9.44. The van der Waals surface area contributed by atoms with Gasteiger partial charge in [-0.15, -0.1) is 0 Å². The van der Waals surface area contributed by atoms with E-state index >= 15 is 0 Å². The van der Waals surface area contributed by atoms with Crippen molar-refractivity contribution in [2.45, 2.75) is 23.9 Å². The molecule has 0 bridgehead atoms. The number of nitrogens with one attached hydrogen (secondary N) is 2. The normalized spacial score (nSPS) is 20.7. The Morgan fingerprint density at radius 2 is 1.89 bits per heavy atom. The molecule has 1 saturated heterocycles. The number of anilines is 1. The predicted octanol–water partition coefficient (Wildman–Crippen LogP) is 5.83.